The summed E-state index contributed by atoms with van der Waals surface area (Å²) in [5, 5.41) is 1.29. The molecule has 1 heterocycles. The monoisotopic (exact) mass is 173 g/mol. The fourth-order valence-corrected chi connectivity index (χ4v) is 1.22. The zero-order valence-electron chi connectivity index (χ0n) is 8.17. The van der Waals surface area contributed by atoms with Gasteiger partial charge < -0.3 is 4.98 Å². The minimum atomic E-state index is 1.22. The summed E-state index contributed by atoms with van der Waals surface area (Å²) in [6.07, 6.45) is 1.75. The smallest absolute Gasteiger partial charge is 0.0455 e. The van der Waals surface area contributed by atoms with Crippen LogP contribution in [0.25, 0.3) is 10.9 Å². The van der Waals surface area contributed by atoms with Crippen molar-refractivity contribution in [2.75, 3.05) is 0 Å². The summed E-state index contributed by atoms with van der Waals surface area (Å²) in [5.74, 6) is 0. The van der Waals surface area contributed by atoms with Crippen molar-refractivity contribution in [2.24, 2.45) is 0 Å². The standard InChI is InChI=1S/C9H9N.C3H6/c1-7-6-8-4-2-3-5-9(8)10-7;1-3-2/h2-6,10H,1H3;3H,1H2,2H3. The van der Waals surface area contributed by atoms with Crippen molar-refractivity contribution >= 4 is 10.9 Å². The Hall–Kier alpha value is -1.50. The molecular weight excluding hydrogens is 158 g/mol. The minimum absolute atomic E-state index is 1.22. The van der Waals surface area contributed by atoms with Crippen LogP contribution in [0.1, 0.15) is 12.6 Å². The maximum absolute atomic E-state index is 3.36. The van der Waals surface area contributed by atoms with Gasteiger partial charge in [-0.05, 0) is 31.4 Å². The number of aromatic amines is 1. The van der Waals surface area contributed by atoms with Crippen molar-refractivity contribution in [3.05, 3.63) is 48.7 Å². The van der Waals surface area contributed by atoms with Crippen LogP contribution in [0, 0.1) is 6.92 Å². The Kier molecular flexibility index (Phi) is 3.32. The molecule has 0 aliphatic heterocycles. The summed E-state index contributed by atoms with van der Waals surface area (Å²) in [4.78, 5) is 3.26. The molecule has 1 aromatic heterocycles. The van der Waals surface area contributed by atoms with Gasteiger partial charge in [0.15, 0.2) is 0 Å². The molecule has 68 valence electrons. The first-order chi connectivity index (χ1) is 6.27. The van der Waals surface area contributed by atoms with Gasteiger partial charge in [-0.15, -0.1) is 6.58 Å². The molecule has 0 saturated carbocycles. The number of fused-ring (bicyclic) bond motifs is 1. The molecule has 2 rings (SSSR count). The predicted molar refractivity (Wildman–Crippen MR) is 58.9 cm³/mol. The first-order valence-corrected chi connectivity index (χ1v) is 4.39. The van der Waals surface area contributed by atoms with Gasteiger partial charge in [-0.3, -0.25) is 0 Å². The van der Waals surface area contributed by atoms with Crippen molar-refractivity contribution in [1.29, 1.82) is 0 Å². The van der Waals surface area contributed by atoms with Gasteiger partial charge in [0.25, 0.3) is 0 Å². The SMILES string of the molecule is C=CC.Cc1cc2ccccc2[nH]1. The number of H-pyrrole nitrogens is 1. The Morgan fingerprint density at radius 1 is 1.31 bits per heavy atom. The lowest BCUT2D eigenvalue weighted by Gasteiger charge is -1.83. The molecule has 0 bridgehead atoms. The number of hydrogen-bond acceptors (Lipinski definition) is 0. The number of allylic oxidation sites excluding steroid dienone is 1. The third kappa shape index (κ3) is 2.48. The van der Waals surface area contributed by atoms with E-state index in [-0.39, 0.29) is 0 Å². The van der Waals surface area contributed by atoms with E-state index >= 15 is 0 Å². The van der Waals surface area contributed by atoms with E-state index in [0.29, 0.717) is 0 Å². The van der Waals surface area contributed by atoms with Crippen LogP contribution in [0.4, 0.5) is 0 Å². The molecular formula is C12H15N. The molecule has 0 saturated heterocycles. The highest BCUT2D eigenvalue weighted by Gasteiger charge is 1.92. The highest BCUT2D eigenvalue weighted by molar-refractivity contribution is 5.79. The van der Waals surface area contributed by atoms with Crippen LogP contribution in [-0.4, -0.2) is 4.98 Å². The predicted octanol–water partition coefficient (Wildman–Crippen LogP) is 3.67. The highest BCUT2D eigenvalue weighted by atomic mass is 14.7. The highest BCUT2D eigenvalue weighted by Crippen LogP contribution is 2.12. The van der Waals surface area contributed by atoms with E-state index in [2.05, 4.69) is 42.8 Å². The van der Waals surface area contributed by atoms with Gasteiger partial charge in [-0.25, -0.2) is 0 Å². The van der Waals surface area contributed by atoms with Crippen LogP contribution >= 0.6 is 0 Å². The Morgan fingerprint density at radius 2 is 1.92 bits per heavy atom. The topological polar surface area (TPSA) is 15.8 Å². The van der Waals surface area contributed by atoms with Crippen molar-refractivity contribution in [1.82, 2.24) is 4.98 Å². The van der Waals surface area contributed by atoms with Gasteiger partial charge in [0.2, 0.25) is 0 Å². The number of benzene rings is 1. The van der Waals surface area contributed by atoms with Gasteiger partial charge in [0.1, 0.15) is 0 Å². The van der Waals surface area contributed by atoms with E-state index in [0.717, 1.165) is 0 Å². The van der Waals surface area contributed by atoms with Gasteiger partial charge in [0.05, 0.1) is 0 Å². The molecule has 0 atom stereocenters. The summed E-state index contributed by atoms with van der Waals surface area (Å²) in [7, 11) is 0. The Labute approximate surface area is 79.1 Å². The lowest BCUT2D eigenvalue weighted by Crippen LogP contribution is -1.65. The fraction of sp³-hybridized carbons (Fsp3) is 0.167. The molecule has 0 aliphatic rings. The van der Waals surface area contributed by atoms with Crippen molar-refractivity contribution < 1.29 is 0 Å². The molecule has 0 fully saturated rings. The number of para-hydroxylation sites is 1. The molecule has 1 aromatic carbocycles. The molecule has 13 heavy (non-hydrogen) atoms. The van der Waals surface area contributed by atoms with Gasteiger partial charge in [0, 0.05) is 11.2 Å². The van der Waals surface area contributed by atoms with Gasteiger partial charge in [-0.2, -0.15) is 0 Å². The van der Waals surface area contributed by atoms with E-state index in [4.69, 9.17) is 0 Å². The first-order valence-electron chi connectivity index (χ1n) is 4.39. The zero-order valence-corrected chi connectivity index (χ0v) is 8.17. The molecule has 1 N–H and O–H groups in total. The van der Waals surface area contributed by atoms with Crippen LogP contribution in [0.15, 0.2) is 43.0 Å². The number of aromatic nitrogens is 1. The normalized spacial score (nSPS) is 9.08. The molecule has 1 nitrogen and oxygen atoms in total. The summed E-state index contributed by atoms with van der Waals surface area (Å²) >= 11 is 0. The number of nitrogens with one attached hydrogen (secondary N) is 1. The number of hydrogen-bond donors (Lipinski definition) is 1. The van der Waals surface area contributed by atoms with Gasteiger partial charge in [-0.1, -0.05) is 24.3 Å². The second-order valence-electron chi connectivity index (χ2n) is 2.95. The van der Waals surface area contributed by atoms with Crippen LogP contribution in [0.2, 0.25) is 0 Å². The molecule has 0 radical (unpaired) electrons. The quantitative estimate of drug-likeness (QED) is 0.585. The average Bonchev–Trinajstić information content (AvgIpc) is 2.45. The maximum Gasteiger partial charge on any atom is 0.0455 e. The van der Waals surface area contributed by atoms with Crippen LogP contribution in [-0.2, 0) is 0 Å². The molecule has 0 amide bonds. The van der Waals surface area contributed by atoms with Gasteiger partial charge >= 0.3 is 0 Å². The Bertz CT molecular complexity index is 352. The molecule has 0 spiro atoms. The lowest BCUT2D eigenvalue weighted by molar-refractivity contribution is 1.30. The summed E-state index contributed by atoms with van der Waals surface area (Å²) in [6.45, 7) is 7.32. The molecule has 2 aromatic rings. The van der Waals surface area contributed by atoms with E-state index in [1.54, 1.807) is 6.08 Å². The Morgan fingerprint density at radius 3 is 2.54 bits per heavy atom. The fourth-order valence-electron chi connectivity index (χ4n) is 1.22. The molecule has 0 aliphatic carbocycles. The first kappa shape index (κ1) is 9.59. The van der Waals surface area contributed by atoms with Crippen molar-refractivity contribution in [2.45, 2.75) is 13.8 Å². The van der Waals surface area contributed by atoms with E-state index in [1.165, 1.54) is 16.6 Å². The zero-order chi connectivity index (χ0) is 9.68. The number of rotatable bonds is 0. The Balaban J connectivity index is 0.000000251. The van der Waals surface area contributed by atoms with Crippen LogP contribution in [0.5, 0.6) is 0 Å². The summed E-state index contributed by atoms with van der Waals surface area (Å²) < 4.78 is 0. The second-order valence-corrected chi connectivity index (χ2v) is 2.95. The van der Waals surface area contributed by atoms with Crippen molar-refractivity contribution in [3.8, 4) is 0 Å². The third-order valence-corrected chi connectivity index (χ3v) is 1.66. The van der Waals surface area contributed by atoms with Crippen LogP contribution in [0.3, 0.4) is 0 Å². The summed E-state index contributed by atoms with van der Waals surface area (Å²) in [6, 6.07) is 10.4. The van der Waals surface area contributed by atoms with Crippen molar-refractivity contribution in [3.63, 3.8) is 0 Å². The average molecular weight is 173 g/mol. The van der Waals surface area contributed by atoms with Crippen LogP contribution < -0.4 is 0 Å². The molecule has 0 unspecified atom stereocenters. The van der Waals surface area contributed by atoms with E-state index in [9.17, 15) is 0 Å². The minimum Gasteiger partial charge on any atom is -0.359 e. The third-order valence-electron chi connectivity index (χ3n) is 1.66. The summed E-state index contributed by atoms with van der Waals surface area (Å²) in [5.41, 5.74) is 2.45. The van der Waals surface area contributed by atoms with E-state index < -0.39 is 0 Å². The molecule has 1 heteroatoms. The number of aryl methyl sites for hydroxylation is 1. The maximum atomic E-state index is 3.36. The second kappa shape index (κ2) is 4.51. The largest absolute Gasteiger partial charge is 0.359 e. The lowest BCUT2D eigenvalue weighted by atomic mass is 10.2. The van der Waals surface area contributed by atoms with E-state index in [1.807, 2.05) is 13.0 Å².